The third kappa shape index (κ3) is 2.76. The van der Waals surface area contributed by atoms with Gasteiger partial charge in [0.15, 0.2) is 5.78 Å². The number of nitriles is 1. The molecule has 0 saturated carbocycles. The summed E-state index contributed by atoms with van der Waals surface area (Å²) in [4.78, 5) is 14.8. The van der Waals surface area contributed by atoms with E-state index >= 15 is 0 Å². The van der Waals surface area contributed by atoms with Gasteiger partial charge >= 0.3 is 0 Å². The van der Waals surface area contributed by atoms with E-state index in [1.165, 1.54) is 0 Å². The second kappa shape index (κ2) is 6.65. The lowest BCUT2D eigenvalue weighted by atomic mass is 9.75. The third-order valence-corrected chi connectivity index (χ3v) is 5.15. The zero-order chi connectivity index (χ0) is 19.0. The fourth-order valence-corrected chi connectivity index (χ4v) is 3.96. The molecule has 0 saturated heterocycles. The summed E-state index contributed by atoms with van der Waals surface area (Å²) in [5.41, 5.74) is 9.95. The monoisotopic (exact) mass is 357 g/mol. The predicted octanol–water partition coefficient (Wildman–Crippen LogP) is 3.70. The molecule has 4 rings (SSSR count). The quantitative estimate of drug-likeness (QED) is 0.855. The highest BCUT2D eigenvalue weighted by molar-refractivity contribution is 6.01. The minimum Gasteiger partial charge on any atom is -0.508 e. The number of benzene rings is 2. The van der Waals surface area contributed by atoms with Crippen molar-refractivity contribution in [2.24, 2.45) is 5.73 Å². The van der Waals surface area contributed by atoms with Crippen LogP contribution < -0.4 is 10.6 Å². The topological polar surface area (TPSA) is 90.4 Å². The molecule has 0 spiro atoms. The number of Topliss-reactive ketones (excluding diaryl/α,β-unsaturated/α-hetero) is 1. The van der Waals surface area contributed by atoms with Gasteiger partial charge in [0.1, 0.15) is 11.6 Å². The number of carbonyl (C=O) groups is 1. The maximum atomic E-state index is 12.9. The van der Waals surface area contributed by atoms with Crippen LogP contribution in [-0.2, 0) is 4.79 Å². The van der Waals surface area contributed by atoms with Crippen molar-refractivity contribution in [1.82, 2.24) is 0 Å². The summed E-state index contributed by atoms with van der Waals surface area (Å²) >= 11 is 0. The highest BCUT2D eigenvalue weighted by Gasteiger charge is 2.40. The number of nitrogens with zero attached hydrogens (tertiary/aromatic N) is 2. The first-order valence-corrected chi connectivity index (χ1v) is 8.92. The minimum atomic E-state index is -0.502. The first kappa shape index (κ1) is 16.9. The van der Waals surface area contributed by atoms with E-state index in [0.29, 0.717) is 23.4 Å². The molecule has 1 aliphatic heterocycles. The van der Waals surface area contributed by atoms with Crippen molar-refractivity contribution in [2.75, 3.05) is 4.90 Å². The molecule has 1 heterocycles. The lowest BCUT2D eigenvalue weighted by Crippen LogP contribution is -2.38. The number of hydrogen-bond donors (Lipinski definition) is 2. The van der Waals surface area contributed by atoms with Gasteiger partial charge in [-0.05, 0) is 42.7 Å². The fraction of sp³-hybridized carbons (Fsp3) is 0.182. The van der Waals surface area contributed by atoms with Crippen LogP contribution in [-0.4, -0.2) is 10.9 Å². The van der Waals surface area contributed by atoms with E-state index in [1.807, 2.05) is 35.2 Å². The van der Waals surface area contributed by atoms with E-state index in [4.69, 9.17) is 5.73 Å². The van der Waals surface area contributed by atoms with E-state index in [9.17, 15) is 15.2 Å². The number of carbonyl (C=O) groups excluding carboxylic acids is 1. The third-order valence-electron chi connectivity index (χ3n) is 5.15. The summed E-state index contributed by atoms with van der Waals surface area (Å²) in [6.45, 7) is 0. The highest BCUT2D eigenvalue weighted by Crippen LogP contribution is 2.46. The molecule has 1 atom stereocenters. The van der Waals surface area contributed by atoms with Gasteiger partial charge in [0.25, 0.3) is 0 Å². The van der Waals surface area contributed by atoms with E-state index in [0.717, 1.165) is 29.8 Å². The van der Waals surface area contributed by atoms with E-state index in [2.05, 4.69) is 6.07 Å². The second-order valence-corrected chi connectivity index (χ2v) is 6.74. The Kier molecular flexibility index (Phi) is 4.17. The summed E-state index contributed by atoms with van der Waals surface area (Å²) in [7, 11) is 0. The number of aromatic hydroxyl groups is 1. The summed E-state index contributed by atoms with van der Waals surface area (Å²) < 4.78 is 0. The molecule has 0 unspecified atom stereocenters. The molecule has 3 N–H and O–H groups in total. The van der Waals surface area contributed by atoms with Crippen LogP contribution in [0.5, 0.6) is 5.75 Å². The molecule has 0 amide bonds. The molecule has 27 heavy (non-hydrogen) atoms. The van der Waals surface area contributed by atoms with Crippen LogP contribution in [0.1, 0.15) is 30.7 Å². The van der Waals surface area contributed by atoms with Crippen LogP contribution in [0.3, 0.4) is 0 Å². The van der Waals surface area contributed by atoms with E-state index in [1.54, 1.807) is 24.3 Å². The van der Waals surface area contributed by atoms with Crippen LogP contribution in [0.2, 0.25) is 0 Å². The van der Waals surface area contributed by atoms with Gasteiger partial charge in [-0.3, -0.25) is 9.69 Å². The Morgan fingerprint density at radius 3 is 2.44 bits per heavy atom. The zero-order valence-electron chi connectivity index (χ0n) is 14.7. The molecule has 0 bridgehead atoms. The van der Waals surface area contributed by atoms with Gasteiger partial charge in [-0.1, -0.05) is 30.3 Å². The molecular weight excluding hydrogens is 338 g/mol. The van der Waals surface area contributed by atoms with Crippen molar-refractivity contribution in [1.29, 1.82) is 5.26 Å². The smallest absolute Gasteiger partial charge is 0.161 e. The number of hydrogen-bond acceptors (Lipinski definition) is 5. The van der Waals surface area contributed by atoms with Gasteiger partial charge in [-0.25, -0.2) is 0 Å². The van der Waals surface area contributed by atoms with Gasteiger partial charge in [0.05, 0.1) is 17.6 Å². The lowest BCUT2D eigenvalue weighted by Gasteiger charge is -2.39. The molecule has 1 aliphatic carbocycles. The summed E-state index contributed by atoms with van der Waals surface area (Å²) in [6.07, 6.45) is 1.96. The number of phenols is 1. The molecule has 2 aromatic carbocycles. The molecule has 134 valence electrons. The molecule has 2 aliphatic rings. The maximum absolute atomic E-state index is 12.9. The SMILES string of the molecule is N#CC1=C(N)N(c2ccccc2)C2=C(C(=O)CCC2)[C@@H]1c1ccc(O)cc1. The van der Waals surface area contributed by atoms with E-state index < -0.39 is 5.92 Å². The van der Waals surface area contributed by atoms with Crippen LogP contribution >= 0.6 is 0 Å². The van der Waals surface area contributed by atoms with Crippen molar-refractivity contribution in [2.45, 2.75) is 25.2 Å². The normalized spacial score (nSPS) is 19.7. The molecular formula is C22H19N3O2. The maximum Gasteiger partial charge on any atom is 0.161 e. The number of nitrogens with two attached hydrogens (primary N) is 1. The van der Waals surface area contributed by atoms with E-state index in [-0.39, 0.29) is 11.5 Å². The number of ketones is 1. The first-order valence-electron chi connectivity index (χ1n) is 8.92. The van der Waals surface area contributed by atoms with Crippen molar-refractivity contribution in [3.05, 3.63) is 82.8 Å². The van der Waals surface area contributed by atoms with Gasteiger partial charge < -0.3 is 10.8 Å². The van der Waals surface area contributed by atoms with Crippen molar-refractivity contribution in [3.8, 4) is 11.8 Å². The molecule has 0 aromatic heterocycles. The Balaban J connectivity index is 1.96. The van der Waals surface area contributed by atoms with Crippen molar-refractivity contribution >= 4 is 11.5 Å². The standard InChI is InChI=1S/C22H19N3O2/c23-13-17-20(14-9-11-16(26)12-10-14)21-18(7-4-8-19(21)27)25(22(17)24)15-5-2-1-3-6-15/h1-3,5-6,9-12,20,26H,4,7-8,24H2/t20-/m1/s1. The van der Waals surface area contributed by atoms with Gasteiger partial charge in [0, 0.05) is 23.4 Å². The van der Waals surface area contributed by atoms with Gasteiger partial charge in [-0.15, -0.1) is 0 Å². The second-order valence-electron chi connectivity index (χ2n) is 6.74. The Morgan fingerprint density at radius 2 is 1.78 bits per heavy atom. The largest absolute Gasteiger partial charge is 0.508 e. The number of para-hydroxylation sites is 1. The van der Waals surface area contributed by atoms with Crippen molar-refractivity contribution in [3.63, 3.8) is 0 Å². The molecule has 0 radical (unpaired) electrons. The summed E-state index contributed by atoms with van der Waals surface area (Å²) in [5.74, 6) is 0.0456. The number of phenolic OH excluding ortho intramolecular Hbond substituents is 1. The Labute approximate surface area is 157 Å². The Hall–Kier alpha value is -3.52. The molecule has 2 aromatic rings. The zero-order valence-corrected chi connectivity index (χ0v) is 14.7. The van der Waals surface area contributed by atoms with Crippen molar-refractivity contribution < 1.29 is 9.90 Å². The molecule has 5 heteroatoms. The Bertz CT molecular complexity index is 998. The van der Waals surface area contributed by atoms with Crippen LogP contribution in [0, 0.1) is 11.3 Å². The first-order chi connectivity index (χ1) is 13.1. The predicted molar refractivity (Wildman–Crippen MR) is 102 cm³/mol. The van der Waals surface area contributed by atoms with Crippen LogP contribution in [0.4, 0.5) is 5.69 Å². The molecule has 0 fully saturated rings. The minimum absolute atomic E-state index is 0.0514. The summed E-state index contributed by atoms with van der Waals surface area (Å²) in [6, 6.07) is 18.4. The number of anilines is 1. The summed E-state index contributed by atoms with van der Waals surface area (Å²) in [5, 5.41) is 19.5. The average molecular weight is 357 g/mol. The lowest BCUT2D eigenvalue weighted by molar-refractivity contribution is -0.116. The average Bonchev–Trinajstić information content (AvgIpc) is 2.69. The highest BCUT2D eigenvalue weighted by atomic mass is 16.3. The number of allylic oxidation sites excluding steroid dienone is 3. The van der Waals surface area contributed by atoms with Gasteiger partial charge in [-0.2, -0.15) is 5.26 Å². The van der Waals surface area contributed by atoms with Gasteiger partial charge in [0.2, 0.25) is 0 Å². The molecule has 5 nitrogen and oxygen atoms in total. The number of rotatable bonds is 2. The van der Waals surface area contributed by atoms with Crippen LogP contribution in [0.15, 0.2) is 77.3 Å². The van der Waals surface area contributed by atoms with Crippen LogP contribution in [0.25, 0.3) is 0 Å². The Morgan fingerprint density at radius 1 is 1.07 bits per heavy atom. The fourth-order valence-electron chi connectivity index (χ4n) is 3.96.